The Hall–Kier alpha value is -1.13. The molecule has 1 saturated heterocycles. The number of ether oxygens (including phenoxy) is 1. The van der Waals surface area contributed by atoms with E-state index in [2.05, 4.69) is 10.6 Å². The Kier molecular flexibility index (Phi) is 4.66. The smallest absolute Gasteiger partial charge is 0.243 e. The van der Waals surface area contributed by atoms with E-state index in [9.17, 15) is 12.8 Å². The first-order valence-corrected chi connectivity index (χ1v) is 7.81. The van der Waals surface area contributed by atoms with Crippen LogP contribution in [-0.2, 0) is 14.8 Å². The zero-order valence-electron chi connectivity index (χ0n) is 10.5. The van der Waals surface area contributed by atoms with E-state index in [1.807, 2.05) is 0 Å². The van der Waals surface area contributed by atoms with Gasteiger partial charge >= 0.3 is 0 Å². The molecule has 1 heterocycles. The highest BCUT2D eigenvalue weighted by molar-refractivity contribution is 7.89. The lowest BCUT2D eigenvalue weighted by Crippen LogP contribution is -2.39. The summed E-state index contributed by atoms with van der Waals surface area (Å²) in [5.74, 6) is 1.73. The van der Waals surface area contributed by atoms with Crippen LogP contribution in [0.4, 0.5) is 4.39 Å². The van der Waals surface area contributed by atoms with E-state index in [1.54, 1.807) is 0 Å². The minimum atomic E-state index is -3.90. The van der Waals surface area contributed by atoms with Crippen molar-refractivity contribution in [1.29, 1.82) is 0 Å². The Labute approximate surface area is 122 Å². The first kappa shape index (κ1) is 15.3. The van der Waals surface area contributed by atoms with Crippen LogP contribution in [0.15, 0.2) is 23.1 Å². The molecule has 1 fully saturated rings. The summed E-state index contributed by atoms with van der Waals surface area (Å²) in [7, 11) is -3.90. The topological polar surface area (TPSA) is 55.4 Å². The summed E-state index contributed by atoms with van der Waals surface area (Å²) in [6.45, 7) is 0.969. The number of halogens is 2. The van der Waals surface area contributed by atoms with E-state index >= 15 is 0 Å². The molecule has 1 aliphatic rings. The molecule has 2 rings (SSSR count). The van der Waals surface area contributed by atoms with Crippen molar-refractivity contribution in [1.82, 2.24) is 4.72 Å². The maximum atomic E-state index is 13.0. The number of hydrogen-bond donors (Lipinski definition) is 1. The molecule has 108 valence electrons. The van der Waals surface area contributed by atoms with Gasteiger partial charge in [0.25, 0.3) is 0 Å². The molecule has 4 nitrogen and oxygen atoms in total. The van der Waals surface area contributed by atoms with E-state index in [-0.39, 0.29) is 15.8 Å². The number of terminal acetylenes is 1. The predicted molar refractivity (Wildman–Crippen MR) is 73.3 cm³/mol. The molecule has 1 aromatic carbocycles. The molecule has 0 radical (unpaired) electrons. The minimum Gasteiger partial charge on any atom is -0.381 e. The first-order valence-electron chi connectivity index (χ1n) is 5.95. The SMILES string of the molecule is C#C[C@H](NS(=O)(=O)c1ccc(F)cc1Cl)[C@@H]1CCOC1. The van der Waals surface area contributed by atoms with Gasteiger partial charge in [0.15, 0.2) is 0 Å². The maximum absolute atomic E-state index is 13.0. The van der Waals surface area contributed by atoms with Crippen LogP contribution in [0.3, 0.4) is 0 Å². The molecule has 0 bridgehead atoms. The fourth-order valence-electron chi connectivity index (χ4n) is 2.01. The van der Waals surface area contributed by atoms with Crippen LogP contribution in [0.5, 0.6) is 0 Å². The second-order valence-electron chi connectivity index (χ2n) is 4.46. The summed E-state index contributed by atoms with van der Waals surface area (Å²) in [6, 6.07) is 2.41. The van der Waals surface area contributed by atoms with Gasteiger partial charge in [0.1, 0.15) is 10.7 Å². The molecule has 0 spiro atoms. The summed E-state index contributed by atoms with van der Waals surface area (Å²) >= 11 is 5.76. The Morgan fingerprint density at radius 1 is 1.55 bits per heavy atom. The first-order chi connectivity index (χ1) is 9.44. The Balaban J connectivity index is 2.23. The van der Waals surface area contributed by atoms with E-state index in [1.165, 1.54) is 0 Å². The van der Waals surface area contributed by atoms with Crippen LogP contribution < -0.4 is 4.72 Å². The standard InChI is InChI=1S/C13H13ClFNO3S/c1-2-12(9-5-6-19-8-9)16-20(17,18)13-4-3-10(15)7-11(13)14/h1,3-4,7,9,12,16H,5-6,8H2/t9-,12+/m1/s1. The third-order valence-electron chi connectivity index (χ3n) is 3.08. The van der Waals surface area contributed by atoms with Gasteiger partial charge in [0.2, 0.25) is 10.0 Å². The number of hydrogen-bond acceptors (Lipinski definition) is 3. The molecule has 20 heavy (non-hydrogen) atoms. The van der Waals surface area contributed by atoms with Crippen molar-refractivity contribution < 1.29 is 17.5 Å². The van der Waals surface area contributed by atoms with Gasteiger partial charge < -0.3 is 4.74 Å². The monoisotopic (exact) mass is 317 g/mol. The number of rotatable bonds is 4. The maximum Gasteiger partial charge on any atom is 0.243 e. The second kappa shape index (κ2) is 6.10. The van der Waals surface area contributed by atoms with Gasteiger partial charge in [0.05, 0.1) is 17.7 Å². The van der Waals surface area contributed by atoms with Gasteiger partial charge in [-0.15, -0.1) is 6.42 Å². The quantitative estimate of drug-likeness (QED) is 0.862. The van der Waals surface area contributed by atoms with Crippen LogP contribution in [0.2, 0.25) is 5.02 Å². The zero-order valence-corrected chi connectivity index (χ0v) is 12.0. The second-order valence-corrected chi connectivity index (χ2v) is 6.55. The van der Waals surface area contributed by atoms with E-state index < -0.39 is 21.9 Å². The molecule has 7 heteroatoms. The Morgan fingerprint density at radius 2 is 2.30 bits per heavy atom. The molecule has 1 N–H and O–H groups in total. The van der Waals surface area contributed by atoms with Crippen LogP contribution in [0, 0.1) is 24.1 Å². The van der Waals surface area contributed by atoms with Gasteiger partial charge in [-0.05, 0) is 24.6 Å². The Morgan fingerprint density at radius 3 is 2.85 bits per heavy atom. The summed E-state index contributed by atoms with van der Waals surface area (Å²) in [5.41, 5.74) is 0. The van der Waals surface area contributed by atoms with Gasteiger partial charge in [-0.25, -0.2) is 12.8 Å². The van der Waals surface area contributed by atoms with Crippen molar-refractivity contribution in [2.24, 2.45) is 5.92 Å². The molecule has 0 unspecified atom stereocenters. The van der Waals surface area contributed by atoms with E-state index in [0.717, 1.165) is 18.2 Å². The highest BCUT2D eigenvalue weighted by Gasteiger charge is 2.29. The van der Waals surface area contributed by atoms with Gasteiger partial charge in [-0.2, -0.15) is 4.72 Å². The average Bonchev–Trinajstić information content (AvgIpc) is 2.89. The lowest BCUT2D eigenvalue weighted by atomic mass is 10.0. The highest BCUT2D eigenvalue weighted by atomic mass is 35.5. The summed E-state index contributed by atoms with van der Waals surface area (Å²) in [6.07, 6.45) is 6.06. The lowest BCUT2D eigenvalue weighted by molar-refractivity contribution is 0.183. The molecule has 1 aromatic rings. The Bertz CT molecular complexity index is 636. The van der Waals surface area contributed by atoms with Crippen molar-refractivity contribution in [2.75, 3.05) is 13.2 Å². The average molecular weight is 318 g/mol. The molecule has 0 aromatic heterocycles. The van der Waals surface area contributed by atoms with Crippen molar-refractivity contribution in [3.05, 3.63) is 29.0 Å². The fraction of sp³-hybridized carbons (Fsp3) is 0.385. The summed E-state index contributed by atoms with van der Waals surface area (Å²) < 4.78 is 45.0. The molecule has 0 saturated carbocycles. The number of sulfonamides is 1. The van der Waals surface area contributed by atoms with Gasteiger partial charge in [-0.1, -0.05) is 17.5 Å². The van der Waals surface area contributed by atoms with Crippen molar-refractivity contribution in [3.8, 4) is 12.3 Å². The number of benzene rings is 1. The van der Waals surface area contributed by atoms with Crippen LogP contribution in [0.25, 0.3) is 0 Å². The third-order valence-corrected chi connectivity index (χ3v) is 5.01. The minimum absolute atomic E-state index is 0.0750. The molecular weight excluding hydrogens is 305 g/mol. The van der Waals surface area contributed by atoms with Crippen molar-refractivity contribution >= 4 is 21.6 Å². The third kappa shape index (κ3) is 3.30. The summed E-state index contributed by atoms with van der Waals surface area (Å²) in [4.78, 5) is -0.195. The fourth-order valence-corrected chi connectivity index (χ4v) is 3.76. The molecule has 0 aliphatic carbocycles. The highest BCUT2D eigenvalue weighted by Crippen LogP contribution is 2.24. The molecular formula is C13H13ClFNO3S. The van der Waals surface area contributed by atoms with E-state index in [4.69, 9.17) is 22.8 Å². The lowest BCUT2D eigenvalue weighted by Gasteiger charge is -2.18. The van der Waals surface area contributed by atoms with Crippen LogP contribution in [-0.4, -0.2) is 27.7 Å². The largest absolute Gasteiger partial charge is 0.381 e. The van der Waals surface area contributed by atoms with Crippen molar-refractivity contribution in [3.63, 3.8) is 0 Å². The van der Waals surface area contributed by atoms with Crippen LogP contribution in [0.1, 0.15) is 6.42 Å². The van der Waals surface area contributed by atoms with E-state index in [0.29, 0.717) is 19.6 Å². The molecule has 0 amide bonds. The van der Waals surface area contributed by atoms with Crippen LogP contribution >= 0.6 is 11.6 Å². The zero-order chi connectivity index (χ0) is 14.8. The van der Waals surface area contributed by atoms with Crippen molar-refractivity contribution in [2.45, 2.75) is 17.4 Å². The predicted octanol–water partition coefficient (Wildman–Crippen LogP) is 1.80. The summed E-state index contributed by atoms with van der Waals surface area (Å²) in [5, 5.41) is -0.184. The molecule has 1 aliphatic heterocycles. The van der Waals surface area contributed by atoms with Gasteiger partial charge in [-0.3, -0.25) is 0 Å². The molecule has 2 atom stereocenters. The van der Waals surface area contributed by atoms with Gasteiger partial charge in [0, 0.05) is 12.5 Å². The normalized spacial score (nSPS) is 20.6. The number of nitrogens with one attached hydrogen (secondary N) is 1.